The summed E-state index contributed by atoms with van der Waals surface area (Å²) in [4.78, 5) is 31.1. The number of carbonyl (C=O) groups excluding carboxylic acids is 1. The molecular weight excluding hydrogens is 524 g/mol. The first-order valence-corrected chi connectivity index (χ1v) is 15.0. The highest BCUT2D eigenvalue weighted by Gasteiger charge is 2.32. The lowest BCUT2D eigenvalue weighted by molar-refractivity contribution is -0.136. The Hall–Kier alpha value is -3.93. The van der Waals surface area contributed by atoms with Gasteiger partial charge in [-0.15, -0.1) is 0 Å². The molecule has 222 valence electrons. The Bertz CT molecular complexity index is 1420. The maximum atomic E-state index is 13.1. The van der Waals surface area contributed by atoms with Crippen molar-refractivity contribution in [3.63, 3.8) is 0 Å². The molecule has 1 aliphatic heterocycles. The summed E-state index contributed by atoms with van der Waals surface area (Å²) in [7, 11) is 1.55. The first kappa shape index (κ1) is 31.0. The van der Waals surface area contributed by atoms with Crippen LogP contribution in [0.3, 0.4) is 0 Å². The van der Waals surface area contributed by atoms with Crippen molar-refractivity contribution >= 4 is 17.7 Å². The highest BCUT2D eigenvalue weighted by molar-refractivity contribution is 6.05. The van der Waals surface area contributed by atoms with Crippen molar-refractivity contribution in [2.24, 2.45) is 4.99 Å². The number of carboxylic acid groups (broad SMARTS) is 1. The summed E-state index contributed by atoms with van der Waals surface area (Å²) < 4.78 is 5.35. The number of carboxylic acids is 1. The molecule has 3 aromatic carbocycles. The minimum Gasteiger partial charge on any atom is -0.496 e. The largest absolute Gasteiger partial charge is 0.496 e. The third kappa shape index (κ3) is 7.87. The van der Waals surface area contributed by atoms with E-state index >= 15 is 0 Å². The Morgan fingerprint density at radius 1 is 0.929 bits per heavy atom. The van der Waals surface area contributed by atoms with Crippen LogP contribution in [0.1, 0.15) is 75.6 Å². The van der Waals surface area contributed by atoms with Crippen LogP contribution in [-0.2, 0) is 34.3 Å². The molecule has 0 saturated heterocycles. The van der Waals surface area contributed by atoms with Crippen LogP contribution in [0.4, 0.5) is 0 Å². The fraction of sp³-hybridized carbons (Fsp3) is 0.417. The standard InChI is InChI=1S/C36H44N2O4/c1-6-38-33(37-31(35(38)41)14-8-10-25-16-19-30(20-17-25)36(2,3)4)15-9-12-26-11-7-13-27(22-26)28-18-21-32(42-5)29(23-28)24-34(39)40/h7,11,13,16-23,31H,6,8-10,12,14-15,24H2,1-5H3,(H,39,40). The van der Waals surface area contributed by atoms with Crippen molar-refractivity contribution in [1.29, 1.82) is 0 Å². The third-order valence-corrected chi connectivity index (χ3v) is 7.99. The second-order valence-corrected chi connectivity index (χ2v) is 12.1. The zero-order valence-electron chi connectivity index (χ0n) is 25.7. The molecule has 0 spiro atoms. The van der Waals surface area contributed by atoms with Crippen LogP contribution in [0.25, 0.3) is 11.1 Å². The molecule has 0 aliphatic carbocycles. The summed E-state index contributed by atoms with van der Waals surface area (Å²) in [6.07, 6.45) is 5.10. The zero-order valence-corrected chi connectivity index (χ0v) is 25.7. The lowest BCUT2D eigenvalue weighted by atomic mass is 9.86. The molecule has 1 heterocycles. The predicted molar refractivity (Wildman–Crippen MR) is 169 cm³/mol. The number of ether oxygens (including phenoxy) is 1. The molecule has 1 amide bonds. The number of methoxy groups -OCH3 is 1. The van der Waals surface area contributed by atoms with Crippen LogP contribution in [-0.4, -0.2) is 47.4 Å². The van der Waals surface area contributed by atoms with Gasteiger partial charge in [-0.3, -0.25) is 19.5 Å². The number of rotatable bonds is 13. The second-order valence-electron chi connectivity index (χ2n) is 12.1. The van der Waals surface area contributed by atoms with Gasteiger partial charge in [0, 0.05) is 18.5 Å². The number of likely N-dealkylation sites (N-methyl/N-ethyl adjacent to an activating group) is 1. The molecule has 6 heteroatoms. The summed E-state index contributed by atoms with van der Waals surface area (Å²) in [5.74, 6) is 0.736. The topological polar surface area (TPSA) is 79.2 Å². The van der Waals surface area contributed by atoms with Crippen molar-refractivity contribution in [2.45, 2.75) is 84.1 Å². The first-order chi connectivity index (χ1) is 20.1. The smallest absolute Gasteiger partial charge is 0.307 e. The molecular formula is C36H44N2O4. The van der Waals surface area contributed by atoms with Gasteiger partial charge in [-0.2, -0.15) is 0 Å². The van der Waals surface area contributed by atoms with E-state index < -0.39 is 5.97 Å². The minimum atomic E-state index is -0.887. The summed E-state index contributed by atoms with van der Waals surface area (Å²) in [6, 6.07) is 22.6. The fourth-order valence-electron chi connectivity index (χ4n) is 5.62. The molecule has 42 heavy (non-hydrogen) atoms. The molecule has 1 unspecified atom stereocenters. The maximum Gasteiger partial charge on any atom is 0.307 e. The summed E-state index contributed by atoms with van der Waals surface area (Å²) in [6.45, 7) is 9.34. The van der Waals surface area contributed by atoms with E-state index in [4.69, 9.17) is 9.73 Å². The van der Waals surface area contributed by atoms with E-state index in [1.54, 1.807) is 7.11 Å². The van der Waals surface area contributed by atoms with Crippen LogP contribution >= 0.6 is 0 Å². The summed E-state index contributed by atoms with van der Waals surface area (Å²) >= 11 is 0. The molecule has 0 saturated carbocycles. The zero-order chi connectivity index (χ0) is 30.3. The number of hydrogen-bond acceptors (Lipinski definition) is 4. The number of aliphatic imine (C=N–C) groups is 1. The number of amides is 1. The lowest BCUT2D eigenvalue weighted by Crippen LogP contribution is -2.35. The van der Waals surface area contributed by atoms with Gasteiger partial charge in [-0.25, -0.2) is 0 Å². The normalized spacial score (nSPS) is 15.2. The minimum absolute atomic E-state index is 0.0863. The van der Waals surface area contributed by atoms with Crippen LogP contribution in [0.2, 0.25) is 0 Å². The van der Waals surface area contributed by atoms with Gasteiger partial charge in [0.25, 0.3) is 5.91 Å². The van der Waals surface area contributed by atoms with E-state index in [0.717, 1.165) is 55.5 Å². The predicted octanol–water partition coefficient (Wildman–Crippen LogP) is 7.26. The molecule has 6 nitrogen and oxygen atoms in total. The van der Waals surface area contributed by atoms with Gasteiger partial charge >= 0.3 is 5.97 Å². The van der Waals surface area contributed by atoms with E-state index in [9.17, 15) is 14.7 Å². The van der Waals surface area contributed by atoms with E-state index in [0.29, 0.717) is 17.9 Å². The van der Waals surface area contributed by atoms with E-state index in [2.05, 4.69) is 57.2 Å². The Morgan fingerprint density at radius 2 is 1.64 bits per heavy atom. The Morgan fingerprint density at radius 3 is 2.31 bits per heavy atom. The molecule has 4 rings (SSSR count). The summed E-state index contributed by atoms with van der Waals surface area (Å²) in [5, 5.41) is 9.28. The van der Waals surface area contributed by atoms with Crippen LogP contribution < -0.4 is 4.74 Å². The first-order valence-electron chi connectivity index (χ1n) is 15.0. The molecule has 0 radical (unpaired) electrons. The Kier molecular flexibility index (Phi) is 10.2. The number of aryl methyl sites for hydroxylation is 2. The molecule has 3 aromatic rings. The molecule has 1 aliphatic rings. The number of aliphatic carboxylic acids is 1. The van der Waals surface area contributed by atoms with Gasteiger partial charge in [-0.05, 0) is 84.4 Å². The monoisotopic (exact) mass is 568 g/mol. The molecule has 0 bridgehead atoms. The van der Waals surface area contributed by atoms with Crippen molar-refractivity contribution in [3.05, 3.63) is 89.0 Å². The highest BCUT2D eigenvalue weighted by Crippen LogP contribution is 2.29. The van der Waals surface area contributed by atoms with Crippen LogP contribution in [0.15, 0.2) is 71.7 Å². The van der Waals surface area contributed by atoms with Gasteiger partial charge in [0.2, 0.25) is 0 Å². The van der Waals surface area contributed by atoms with Crippen molar-refractivity contribution in [1.82, 2.24) is 4.90 Å². The SMILES string of the molecule is CCN1C(=O)C(CCCc2ccc(C(C)(C)C)cc2)N=C1CCCc1cccc(-c2ccc(OC)c(CC(=O)O)c2)c1. The Labute approximate surface area is 250 Å². The lowest BCUT2D eigenvalue weighted by Gasteiger charge is -2.19. The quantitative estimate of drug-likeness (QED) is 0.235. The average molecular weight is 569 g/mol. The highest BCUT2D eigenvalue weighted by atomic mass is 16.5. The fourth-order valence-corrected chi connectivity index (χ4v) is 5.62. The van der Waals surface area contributed by atoms with Crippen LogP contribution in [0, 0.1) is 0 Å². The van der Waals surface area contributed by atoms with Gasteiger partial charge in [0.1, 0.15) is 17.6 Å². The number of carbonyl (C=O) groups is 2. The van der Waals surface area contributed by atoms with E-state index in [1.165, 1.54) is 16.7 Å². The van der Waals surface area contributed by atoms with Crippen molar-refractivity contribution < 1.29 is 19.4 Å². The maximum absolute atomic E-state index is 13.1. The number of nitrogens with zero attached hydrogens (tertiary/aromatic N) is 2. The van der Waals surface area contributed by atoms with E-state index in [-0.39, 0.29) is 23.8 Å². The second kappa shape index (κ2) is 13.8. The number of amidine groups is 1. The van der Waals surface area contributed by atoms with Crippen LogP contribution in [0.5, 0.6) is 5.75 Å². The average Bonchev–Trinajstić information content (AvgIpc) is 3.26. The van der Waals surface area contributed by atoms with Gasteiger partial charge in [0.05, 0.1) is 13.5 Å². The Balaban J connectivity index is 1.33. The van der Waals surface area contributed by atoms with Crippen molar-refractivity contribution in [2.75, 3.05) is 13.7 Å². The molecule has 1 atom stereocenters. The van der Waals surface area contributed by atoms with Crippen molar-refractivity contribution in [3.8, 4) is 16.9 Å². The molecule has 1 N–H and O–H groups in total. The van der Waals surface area contributed by atoms with Gasteiger partial charge in [0.15, 0.2) is 0 Å². The number of benzene rings is 3. The molecule has 0 aromatic heterocycles. The third-order valence-electron chi connectivity index (χ3n) is 7.99. The van der Waals surface area contributed by atoms with Gasteiger partial charge < -0.3 is 9.84 Å². The van der Waals surface area contributed by atoms with Gasteiger partial charge in [-0.1, -0.05) is 75.4 Å². The van der Waals surface area contributed by atoms with E-state index in [1.807, 2.05) is 42.2 Å². The summed E-state index contributed by atoms with van der Waals surface area (Å²) in [5.41, 5.74) is 6.65. The number of hydrogen-bond donors (Lipinski definition) is 1. The molecule has 0 fully saturated rings.